The lowest BCUT2D eigenvalue weighted by atomic mass is 10.3. The van der Waals surface area contributed by atoms with Crippen molar-refractivity contribution in [3.8, 4) is 6.07 Å². The second-order valence-electron chi connectivity index (χ2n) is 2.46. The van der Waals surface area contributed by atoms with Gasteiger partial charge in [0.2, 0.25) is 5.91 Å². The highest BCUT2D eigenvalue weighted by Crippen LogP contribution is 1.90. The first-order valence-electron chi connectivity index (χ1n) is 3.47. The van der Waals surface area contributed by atoms with Crippen LogP contribution < -0.4 is 5.73 Å². The third-order valence-corrected chi connectivity index (χ3v) is 1.32. The van der Waals surface area contributed by atoms with Crippen molar-refractivity contribution in [1.82, 2.24) is 4.90 Å². The Morgan fingerprint density at radius 3 is 2.73 bits per heavy atom. The molecule has 62 valence electrons. The van der Waals surface area contributed by atoms with Gasteiger partial charge >= 0.3 is 0 Å². The number of hydrogen-bond donors (Lipinski definition) is 1. The van der Waals surface area contributed by atoms with Crippen LogP contribution in [0.5, 0.6) is 0 Å². The fourth-order valence-electron chi connectivity index (χ4n) is 0.676. The Bertz CT molecular complexity index is 171. The molecule has 0 aromatic carbocycles. The van der Waals surface area contributed by atoms with Crippen molar-refractivity contribution in [3.63, 3.8) is 0 Å². The molecular weight excluding hydrogens is 142 g/mol. The van der Waals surface area contributed by atoms with Crippen LogP contribution in [-0.4, -0.2) is 30.4 Å². The Balaban J connectivity index is 3.75. The van der Waals surface area contributed by atoms with E-state index in [1.54, 1.807) is 14.0 Å². The van der Waals surface area contributed by atoms with Crippen molar-refractivity contribution in [1.29, 1.82) is 5.26 Å². The van der Waals surface area contributed by atoms with Gasteiger partial charge in [0.05, 0.1) is 18.5 Å². The molecule has 0 aliphatic heterocycles. The van der Waals surface area contributed by atoms with Crippen LogP contribution in [0.3, 0.4) is 0 Å². The van der Waals surface area contributed by atoms with Gasteiger partial charge in [0.1, 0.15) is 0 Å². The van der Waals surface area contributed by atoms with Crippen molar-refractivity contribution in [2.75, 3.05) is 13.6 Å². The summed E-state index contributed by atoms with van der Waals surface area (Å²) < 4.78 is 0. The van der Waals surface area contributed by atoms with E-state index in [2.05, 4.69) is 0 Å². The lowest BCUT2D eigenvalue weighted by Gasteiger charge is -2.17. The van der Waals surface area contributed by atoms with Crippen LogP contribution in [0.15, 0.2) is 0 Å². The average molecular weight is 155 g/mol. The summed E-state index contributed by atoms with van der Waals surface area (Å²) in [6.07, 6.45) is 0.356. The van der Waals surface area contributed by atoms with E-state index >= 15 is 0 Å². The highest BCUT2D eigenvalue weighted by molar-refractivity contribution is 5.80. The van der Waals surface area contributed by atoms with Crippen LogP contribution in [-0.2, 0) is 4.79 Å². The van der Waals surface area contributed by atoms with E-state index < -0.39 is 6.04 Å². The summed E-state index contributed by atoms with van der Waals surface area (Å²) in [5.74, 6) is -0.125. The zero-order valence-electron chi connectivity index (χ0n) is 6.87. The molecule has 1 amide bonds. The maximum Gasteiger partial charge on any atom is 0.238 e. The monoisotopic (exact) mass is 155 g/mol. The summed E-state index contributed by atoms with van der Waals surface area (Å²) in [5, 5.41) is 8.22. The average Bonchev–Trinajstić information content (AvgIpc) is 1.98. The highest BCUT2D eigenvalue weighted by atomic mass is 16.2. The molecule has 4 nitrogen and oxygen atoms in total. The first kappa shape index (κ1) is 9.92. The van der Waals surface area contributed by atoms with Crippen LogP contribution in [0.1, 0.15) is 13.3 Å². The molecule has 0 unspecified atom stereocenters. The number of hydrogen-bond acceptors (Lipinski definition) is 3. The normalized spacial score (nSPS) is 11.8. The van der Waals surface area contributed by atoms with Crippen LogP contribution >= 0.6 is 0 Å². The Kier molecular flexibility index (Phi) is 4.23. The molecule has 1 atom stereocenters. The van der Waals surface area contributed by atoms with Gasteiger partial charge in [0.15, 0.2) is 0 Å². The summed E-state index contributed by atoms with van der Waals surface area (Å²) in [5.41, 5.74) is 5.33. The van der Waals surface area contributed by atoms with Gasteiger partial charge in [0, 0.05) is 13.6 Å². The molecule has 0 aliphatic carbocycles. The zero-order valence-corrected chi connectivity index (χ0v) is 6.87. The minimum atomic E-state index is -0.473. The molecule has 0 aromatic heterocycles. The molecule has 0 aliphatic rings. The van der Waals surface area contributed by atoms with Gasteiger partial charge < -0.3 is 10.6 Å². The predicted molar refractivity (Wildman–Crippen MR) is 41.5 cm³/mol. The quantitative estimate of drug-likeness (QED) is 0.608. The molecule has 0 spiro atoms. The number of carbonyl (C=O) groups excluding carboxylic acids is 1. The van der Waals surface area contributed by atoms with Crippen LogP contribution in [0, 0.1) is 11.3 Å². The minimum Gasteiger partial charge on any atom is -0.343 e. The number of nitriles is 1. The maximum absolute atomic E-state index is 11.0. The third-order valence-electron chi connectivity index (χ3n) is 1.32. The number of rotatable bonds is 3. The molecule has 0 bridgehead atoms. The van der Waals surface area contributed by atoms with E-state index in [9.17, 15) is 4.79 Å². The van der Waals surface area contributed by atoms with Crippen molar-refractivity contribution in [2.45, 2.75) is 19.4 Å². The third kappa shape index (κ3) is 3.58. The van der Waals surface area contributed by atoms with Gasteiger partial charge in [-0.05, 0) is 6.92 Å². The van der Waals surface area contributed by atoms with Crippen LogP contribution in [0.2, 0.25) is 0 Å². The van der Waals surface area contributed by atoms with Crippen molar-refractivity contribution in [2.24, 2.45) is 5.73 Å². The fourth-order valence-corrected chi connectivity index (χ4v) is 0.676. The predicted octanol–water partition coefficient (Wildman–Crippen LogP) is -0.294. The van der Waals surface area contributed by atoms with Crippen molar-refractivity contribution in [3.05, 3.63) is 0 Å². The Morgan fingerprint density at radius 2 is 2.36 bits per heavy atom. The standard InChI is InChI=1S/C7H13N3O/c1-6(9)7(11)10(2)5-3-4-8/h6H,3,5,9H2,1-2H3/t6-/m0/s1. The zero-order chi connectivity index (χ0) is 8.85. The smallest absolute Gasteiger partial charge is 0.238 e. The maximum atomic E-state index is 11.0. The molecule has 0 saturated carbocycles. The highest BCUT2D eigenvalue weighted by Gasteiger charge is 2.11. The molecule has 0 radical (unpaired) electrons. The summed E-state index contributed by atoms with van der Waals surface area (Å²) >= 11 is 0. The summed E-state index contributed by atoms with van der Waals surface area (Å²) in [4.78, 5) is 12.5. The van der Waals surface area contributed by atoms with Gasteiger partial charge in [-0.1, -0.05) is 0 Å². The largest absolute Gasteiger partial charge is 0.343 e. The molecule has 11 heavy (non-hydrogen) atoms. The first-order valence-corrected chi connectivity index (χ1v) is 3.47. The number of carbonyl (C=O) groups is 1. The molecule has 4 heteroatoms. The lowest BCUT2D eigenvalue weighted by molar-refractivity contribution is -0.130. The Morgan fingerprint density at radius 1 is 1.82 bits per heavy atom. The molecule has 0 rings (SSSR count). The molecule has 2 N–H and O–H groups in total. The Labute approximate surface area is 66.6 Å². The van der Waals surface area contributed by atoms with E-state index in [0.29, 0.717) is 13.0 Å². The van der Waals surface area contributed by atoms with Gasteiger partial charge in [0.25, 0.3) is 0 Å². The molecule has 0 saturated heterocycles. The van der Waals surface area contributed by atoms with E-state index in [1.165, 1.54) is 4.90 Å². The molecule has 0 aromatic rings. The van der Waals surface area contributed by atoms with E-state index in [0.717, 1.165) is 0 Å². The molecule has 0 heterocycles. The number of amides is 1. The van der Waals surface area contributed by atoms with E-state index in [1.807, 2.05) is 6.07 Å². The van der Waals surface area contributed by atoms with Gasteiger partial charge in [-0.3, -0.25) is 4.79 Å². The molecule has 0 fully saturated rings. The number of nitrogens with two attached hydrogens (primary N) is 1. The van der Waals surface area contributed by atoms with Crippen molar-refractivity contribution >= 4 is 5.91 Å². The van der Waals surface area contributed by atoms with E-state index in [-0.39, 0.29) is 5.91 Å². The van der Waals surface area contributed by atoms with E-state index in [4.69, 9.17) is 11.0 Å². The van der Waals surface area contributed by atoms with Gasteiger partial charge in [-0.25, -0.2) is 0 Å². The molecular formula is C7H13N3O. The lowest BCUT2D eigenvalue weighted by Crippen LogP contribution is -2.40. The summed E-state index contributed by atoms with van der Waals surface area (Å²) in [7, 11) is 1.64. The summed E-state index contributed by atoms with van der Waals surface area (Å²) in [6.45, 7) is 2.09. The van der Waals surface area contributed by atoms with Gasteiger partial charge in [-0.2, -0.15) is 5.26 Å². The van der Waals surface area contributed by atoms with Crippen LogP contribution in [0.4, 0.5) is 0 Å². The summed E-state index contributed by atoms with van der Waals surface area (Å²) in [6, 6.07) is 1.48. The number of nitrogens with zero attached hydrogens (tertiary/aromatic N) is 2. The fraction of sp³-hybridized carbons (Fsp3) is 0.714. The first-order chi connectivity index (χ1) is 5.09. The van der Waals surface area contributed by atoms with Crippen LogP contribution in [0.25, 0.3) is 0 Å². The Hall–Kier alpha value is -1.08. The second-order valence-corrected chi connectivity index (χ2v) is 2.46. The minimum absolute atomic E-state index is 0.125. The topological polar surface area (TPSA) is 70.1 Å². The SMILES string of the molecule is C[C@H](N)C(=O)N(C)CCC#N. The second kappa shape index (κ2) is 4.69. The van der Waals surface area contributed by atoms with Gasteiger partial charge in [-0.15, -0.1) is 0 Å². The number of likely N-dealkylation sites (N-methyl/N-ethyl adjacent to an activating group) is 1. The van der Waals surface area contributed by atoms with Crippen molar-refractivity contribution < 1.29 is 4.79 Å².